The second-order valence-electron chi connectivity index (χ2n) is 5.56. The molecule has 0 aliphatic heterocycles. The van der Waals surface area contributed by atoms with Crippen LogP contribution >= 0.6 is 11.3 Å². The first kappa shape index (κ1) is 13.8. The highest BCUT2D eigenvalue weighted by Crippen LogP contribution is 2.39. The monoisotopic (exact) mass is 289 g/mol. The number of anilines is 1. The van der Waals surface area contributed by atoms with Gasteiger partial charge in [-0.2, -0.15) is 0 Å². The van der Waals surface area contributed by atoms with Crippen LogP contribution in [-0.2, 0) is 19.3 Å². The van der Waals surface area contributed by atoms with Crippen molar-refractivity contribution in [2.45, 2.75) is 58.8 Å². The van der Waals surface area contributed by atoms with E-state index in [1.807, 2.05) is 11.3 Å². The number of hydrogen-bond donors (Lipinski definition) is 1. The average molecular weight is 289 g/mol. The highest BCUT2D eigenvalue weighted by atomic mass is 32.1. The fourth-order valence-corrected chi connectivity index (χ4v) is 4.14. The molecule has 3 nitrogen and oxygen atoms in total. The summed E-state index contributed by atoms with van der Waals surface area (Å²) >= 11 is 1.89. The molecule has 0 bridgehead atoms. The second-order valence-corrected chi connectivity index (χ2v) is 6.64. The maximum absolute atomic E-state index is 4.81. The third-order valence-electron chi connectivity index (χ3n) is 3.91. The molecule has 0 amide bonds. The van der Waals surface area contributed by atoms with Gasteiger partial charge >= 0.3 is 0 Å². The van der Waals surface area contributed by atoms with E-state index in [1.54, 1.807) is 4.88 Å². The van der Waals surface area contributed by atoms with Gasteiger partial charge in [0.2, 0.25) is 0 Å². The number of thiophene rings is 1. The molecule has 108 valence electrons. The molecule has 0 atom stereocenters. The van der Waals surface area contributed by atoms with Gasteiger partial charge in [0.25, 0.3) is 0 Å². The molecule has 3 rings (SSSR count). The summed E-state index contributed by atoms with van der Waals surface area (Å²) in [6.07, 6.45) is 8.21. The Morgan fingerprint density at radius 2 is 2.05 bits per heavy atom. The summed E-state index contributed by atoms with van der Waals surface area (Å²) in [7, 11) is 0. The third-order valence-corrected chi connectivity index (χ3v) is 5.09. The van der Waals surface area contributed by atoms with Crippen LogP contribution in [-0.4, -0.2) is 16.5 Å². The van der Waals surface area contributed by atoms with Crippen LogP contribution in [0.25, 0.3) is 10.2 Å². The quantitative estimate of drug-likeness (QED) is 0.859. The summed E-state index contributed by atoms with van der Waals surface area (Å²) in [6.45, 7) is 5.40. The summed E-state index contributed by atoms with van der Waals surface area (Å²) < 4.78 is 0. The van der Waals surface area contributed by atoms with E-state index in [0.717, 1.165) is 31.0 Å². The standard InChI is InChI=1S/C16H23N3S/c1-3-5-9-13-18-15(17-10-4-2)14-11-7-6-8-12(11)20-16(14)19-13/h3-10H2,1-2H3,(H,17,18,19). The van der Waals surface area contributed by atoms with Crippen molar-refractivity contribution in [1.29, 1.82) is 0 Å². The van der Waals surface area contributed by atoms with Crippen LogP contribution < -0.4 is 5.32 Å². The highest BCUT2D eigenvalue weighted by molar-refractivity contribution is 7.19. The molecule has 0 radical (unpaired) electrons. The van der Waals surface area contributed by atoms with Gasteiger partial charge in [-0.1, -0.05) is 20.3 Å². The van der Waals surface area contributed by atoms with Crippen LogP contribution in [0.3, 0.4) is 0 Å². The van der Waals surface area contributed by atoms with Crippen LogP contribution in [0.2, 0.25) is 0 Å². The van der Waals surface area contributed by atoms with Crippen LogP contribution in [0.4, 0.5) is 5.82 Å². The van der Waals surface area contributed by atoms with E-state index in [4.69, 9.17) is 9.97 Å². The predicted octanol–water partition coefficient (Wildman–Crippen LogP) is 4.34. The van der Waals surface area contributed by atoms with Crippen LogP contribution in [0, 0.1) is 0 Å². The summed E-state index contributed by atoms with van der Waals surface area (Å²) in [5.74, 6) is 2.10. The van der Waals surface area contributed by atoms with Crippen molar-refractivity contribution >= 4 is 27.4 Å². The van der Waals surface area contributed by atoms with E-state index in [0.29, 0.717) is 0 Å². The fourth-order valence-electron chi connectivity index (χ4n) is 2.86. The van der Waals surface area contributed by atoms with E-state index >= 15 is 0 Å². The molecule has 0 fully saturated rings. The lowest BCUT2D eigenvalue weighted by atomic mass is 10.2. The lowest BCUT2D eigenvalue weighted by Gasteiger charge is -2.09. The van der Waals surface area contributed by atoms with Crippen LogP contribution in [0.15, 0.2) is 0 Å². The molecule has 2 aromatic rings. The number of fused-ring (bicyclic) bond motifs is 3. The average Bonchev–Trinajstić information content (AvgIpc) is 3.02. The molecule has 0 unspecified atom stereocenters. The summed E-state index contributed by atoms with van der Waals surface area (Å²) in [5, 5.41) is 4.84. The largest absolute Gasteiger partial charge is 0.369 e. The van der Waals surface area contributed by atoms with Crippen LogP contribution in [0.1, 0.15) is 55.8 Å². The zero-order chi connectivity index (χ0) is 13.9. The van der Waals surface area contributed by atoms with Gasteiger partial charge in [0, 0.05) is 17.8 Å². The fraction of sp³-hybridized carbons (Fsp3) is 0.625. The molecule has 1 aliphatic rings. The summed E-state index contributed by atoms with van der Waals surface area (Å²) in [5.41, 5.74) is 1.52. The minimum atomic E-state index is 0.990. The van der Waals surface area contributed by atoms with E-state index < -0.39 is 0 Å². The summed E-state index contributed by atoms with van der Waals surface area (Å²) in [6, 6.07) is 0. The van der Waals surface area contributed by atoms with Crippen molar-refractivity contribution in [3.63, 3.8) is 0 Å². The highest BCUT2D eigenvalue weighted by Gasteiger charge is 2.22. The van der Waals surface area contributed by atoms with Gasteiger partial charge in [-0.15, -0.1) is 11.3 Å². The lowest BCUT2D eigenvalue weighted by molar-refractivity contribution is 0.757. The van der Waals surface area contributed by atoms with Crippen molar-refractivity contribution in [3.05, 3.63) is 16.3 Å². The Morgan fingerprint density at radius 3 is 2.85 bits per heavy atom. The molecule has 0 aromatic carbocycles. The van der Waals surface area contributed by atoms with E-state index in [9.17, 15) is 0 Å². The topological polar surface area (TPSA) is 37.8 Å². The molecular weight excluding hydrogens is 266 g/mol. The van der Waals surface area contributed by atoms with Crippen molar-refractivity contribution < 1.29 is 0 Å². The molecule has 4 heteroatoms. The predicted molar refractivity (Wildman–Crippen MR) is 86.8 cm³/mol. The number of aryl methyl sites for hydroxylation is 3. The Labute approximate surface area is 124 Å². The number of unbranched alkanes of at least 4 members (excludes halogenated alkanes) is 1. The first-order valence-electron chi connectivity index (χ1n) is 7.88. The second kappa shape index (κ2) is 6.08. The molecule has 1 N–H and O–H groups in total. The molecule has 20 heavy (non-hydrogen) atoms. The molecule has 0 spiro atoms. The normalized spacial score (nSPS) is 13.9. The molecule has 2 aromatic heterocycles. The molecule has 2 heterocycles. The maximum Gasteiger partial charge on any atom is 0.138 e. The molecule has 0 saturated heterocycles. The van der Waals surface area contributed by atoms with Crippen molar-refractivity contribution in [3.8, 4) is 0 Å². The van der Waals surface area contributed by atoms with Gasteiger partial charge in [-0.25, -0.2) is 9.97 Å². The van der Waals surface area contributed by atoms with Crippen molar-refractivity contribution in [2.75, 3.05) is 11.9 Å². The smallest absolute Gasteiger partial charge is 0.138 e. The summed E-state index contributed by atoms with van der Waals surface area (Å²) in [4.78, 5) is 12.4. The number of hydrogen-bond acceptors (Lipinski definition) is 4. The third kappa shape index (κ3) is 2.53. The Balaban J connectivity index is 2.04. The maximum atomic E-state index is 4.81. The zero-order valence-electron chi connectivity index (χ0n) is 12.5. The molecule has 0 saturated carbocycles. The van der Waals surface area contributed by atoms with E-state index in [2.05, 4.69) is 19.2 Å². The van der Waals surface area contributed by atoms with Gasteiger partial charge in [0.1, 0.15) is 16.5 Å². The minimum absolute atomic E-state index is 0.990. The van der Waals surface area contributed by atoms with E-state index in [-0.39, 0.29) is 0 Å². The Morgan fingerprint density at radius 1 is 1.15 bits per heavy atom. The van der Waals surface area contributed by atoms with Gasteiger partial charge in [0.05, 0.1) is 5.39 Å². The Hall–Kier alpha value is -1.16. The number of nitrogens with one attached hydrogen (secondary N) is 1. The Bertz CT molecular complexity index is 603. The number of aromatic nitrogens is 2. The lowest BCUT2D eigenvalue weighted by Crippen LogP contribution is -2.06. The van der Waals surface area contributed by atoms with Crippen molar-refractivity contribution in [1.82, 2.24) is 9.97 Å². The zero-order valence-corrected chi connectivity index (χ0v) is 13.3. The van der Waals surface area contributed by atoms with E-state index in [1.165, 1.54) is 47.9 Å². The number of nitrogens with zero attached hydrogens (tertiary/aromatic N) is 2. The van der Waals surface area contributed by atoms with Gasteiger partial charge in [-0.05, 0) is 37.7 Å². The molecular formula is C16H23N3S. The van der Waals surface area contributed by atoms with Crippen LogP contribution in [0.5, 0.6) is 0 Å². The Kier molecular flexibility index (Phi) is 4.20. The molecule has 1 aliphatic carbocycles. The first-order valence-corrected chi connectivity index (χ1v) is 8.70. The van der Waals surface area contributed by atoms with Gasteiger partial charge in [-0.3, -0.25) is 0 Å². The first-order chi connectivity index (χ1) is 9.83. The van der Waals surface area contributed by atoms with Crippen molar-refractivity contribution in [2.24, 2.45) is 0 Å². The SMILES string of the molecule is CCCCc1nc(NCCC)c2c3c(sc2n1)CCC3. The van der Waals surface area contributed by atoms with Gasteiger partial charge in [0.15, 0.2) is 0 Å². The number of rotatable bonds is 6. The van der Waals surface area contributed by atoms with Gasteiger partial charge < -0.3 is 5.32 Å². The minimum Gasteiger partial charge on any atom is -0.369 e.